The number of hydrogen-bond acceptors (Lipinski definition) is 4. The molecule has 0 aliphatic carbocycles. The van der Waals surface area contributed by atoms with E-state index in [1.54, 1.807) is 36.7 Å². The van der Waals surface area contributed by atoms with E-state index < -0.39 is 4.92 Å². The van der Waals surface area contributed by atoms with Crippen molar-refractivity contribution in [2.75, 3.05) is 0 Å². The number of nitro groups is 1. The SMILES string of the molecule is O=[N+]([O-])c1ccc(C2=NC(c3ccc(F)cc3)=C(c3ccncc3)C2)cc1. The maximum Gasteiger partial charge on any atom is 0.269 e. The first-order chi connectivity index (χ1) is 13.1. The molecule has 5 nitrogen and oxygen atoms in total. The van der Waals surface area contributed by atoms with Gasteiger partial charge in [-0.2, -0.15) is 0 Å². The predicted molar refractivity (Wildman–Crippen MR) is 102 cm³/mol. The number of nitro benzene ring substituents is 1. The molecule has 1 aromatic heterocycles. The standard InChI is InChI=1S/C21H14FN3O2/c22-17-5-1-16(2-6-17)21-19(14-9-11-23-12-10-14)13-20(24-21)15-3-7-18(8-4-15)25(26)27/h1-12H,13H2. The van der Waals surface area contributed by atoms with E-state index in [-0.39, 0.29) is 11.5 Å². The highest BCUT2D eigenvalue weighted by Crippen LogP contribution is 2.37. The van der Waals surface area contributed by atoms with Gasteiger partial charge in [-0.3, -0.25) is 20.1 Å². The van der Waals surface area contributed by atoms with Gasteiger partial charge in [-0.05, 0) is 65.2 Å². The molecule has 6 heteroatoms. The third-order valence-electron chi connectivity index (χ3n) is 4.43. The number of rotatable bonds is 4. The van der Waals surface area contributed by atoms with Crippen molar-refractivity contribution in [2.45, 2.75) is 6.42 Å². The third-order valence-corrected chi connectivity index (χ3v) is 4.43. The maximum absolute atomic E-state index is 13.3. The number of benzene rings is 2. The van der Waals surface area contributed by atoms with Crippen molar-refractivity contribution in [3.8, 4) is 0 Å². The maximum atomic E-state index is 13.3. The molecule has 0 atom stereocenters. The molecular weight excluding hydrogens is 345 g/mol. The average molecular weight is 359 g/mol. The molecule has 0 bridgehead atoms. The minimum absolute atomic E-state index is 0.0402. The number of aliphatic imine (C=N–C) groups is 1. The molecular formula is C21H14FN3O2. The molecule has 2 heterocycles. The van der Waals surface area contributed by atoms with E-state index in [2.05, 4.69) is 4.98 Å². The Morgan fingerprint density at radius 3 is 2.11 bits per heavy atom. The molecule has 4 rings (SSSR count). The van der Waals surface area contributed by atoms with Crippen molar-refractivity contribution < 1.29 is 9.31 Å². The van der Waals surface area contributed by atoms with Gasteiger partial charge in [0.25, 0.3) is 5.69 Å². The van der Waals surface area contributed by atoms with Gasteiger partial charge in [-0.25, -0.2) is 4.39 Å². The van der Waals surface area contributed by atoms with Crippen molar-refractivity contribution in [1.82, 2.24) is 4.98 Å². The number of non-ortho nitro benzene ring substituents is 1. The molecule has 1 aliphatic heterocycles. The van der Waals surface area contributed by atoms with Crippen molar-refractivity contribution in [2.24, 2.45) is 4.99 Å². The van der Waals surface area contributed by atoms with E-state index >= 15 is 0 Å². The molecule has 0 spiro atoms. The van der Waals surface area contributed by atoms with Crippen LogP contribution in [-0.4, -0.2) is 15.6 Å². The van der Waals surface area contributed by atoms with E-state index in [1.165, 1.54) is 24.3 Å². The zero-order chi connectivity index (χ0) is 18.8. The Morgan fingerprint density at radius 2 is 1.48 bits per heavy atom. The van der Waals surface area contributed by atoms with Gasteiger partial charge in [0, 0.05) is 36.5 Å². The first-order valence-electron chi connectivity index (χ1n) is 8.34. The molecule has 0 radical (unpaired) electrons. The molecule has 0 saturated carbocycles. The largest absolute Gasteiger partial charge is 0.269 e. The van der Waals surface area contributed by atoms with Crippen LogP contribution >= 0.6 is 0 Å². The molecule has 0 saturated heterocycles. The van der Waals surface area contributed by atoms with E-state index in [0.29, 0.717) is 6.42 Å². The Balaban J connectivity index is 1.76. The molecule has 2 aromatic carbocycles. The predicted octanol–water partition coefficient (Wildman–Crippen LogP) is 4.89. The molecule has 3 aromatic rings. The quantitative estimate of drug-likeness (QED) is 0.492. The summed E-state index contributed by atoms with van der Waals surface area (Å²) >= 11 is 0. The second kappa shape index (κ2) is 6.92. The lowest BCUT2D eigenvalue weighted by Gasteiger charge is -2.06. The summed E-state index contributed by atoms with van der Waals surface area (Å²) in [6.45, 7) is 0. The van der Waals surface area contributed by atoms with Crippen molar-refractivity contribution >= 4 is 22.7 Å². The van der Waals surface area contributed by atoms with E-state index in [1.807, 2.05) is 12.1 Å². The number of halogens is 1. The number of hydrogen-bond donors (Lipinski definition) is 0. The zero-order valence-corrected chi connectivity index (χ0v) is 14.2. The van der Waals surface area contributed by atoms with Gasteiger partial charge in [0.05, 0.1) is 16.3 Å². The number of pyridine rings is 1. The highest BCUT2D eigenvalue weighted by atomic mass is 19.1. The molecule has 27 heavy (non-hydrogen) atoms. The number of nitrogens with zero attached hydrogens (tertiary/aromatic N) is 3. The van der Waals surface area contributed by atoms with Crippen LogP contribution in [0.25, 0.3) is 11.3 Å². The lowest BCUT2D eigenvalue weighted by molar-refractivity contribution is -0.384. The van der Waals surface area contributed by atoms with Crippen LogP contribution in [0, 0.1) is 15.9 Å². The van der Waals surface area contributed by atoms with Crippen LogP contribution in [0.2, 0.25) is 0 Å². The van der Waals surface area contributed by atoms with E-state index in [0.717, 1.165) is 33.7 Å². The fourth-order valence-electron chi connectivity index (χ4n) is 3.07. The van der Waals surface area contributed by atoms with Crippen LogP contribution in [0.1, 0.15) is 23.1 Å². The third kappa shape index (κ3) is 3.37. The van der Waals surface area contributed by atoms with Crippen LogP contribution in [0.5, 0.6) is 0 Å². The highest BCUT2D eigenvalue weighted by molar-refractivity contribution is 6.16. The molecule has 0 N–H and O–H groups in total. The fourth-order valence-corrected chi connectivity index (χ4v) is 3.07. The van der Waals surface area contributed by atoms with Crippen molar-refractivity contribution in [1.29, 1.82) is 0 Å². The summed E-state index contributed by atoms with van der Waals surface area (Å²) in [5.74, 6) is -0.303. The molecule has 0 unspecified atom stereocenters. The smallest absolute Gasteiger partial charge is 0.265 e. The Hall–Kier alpha value is -3.67. The Labute approximate surface area is 154 Å². The fraction of sp³-hybridized carbons (Fsp3) is 0.0476. The second-order valence-corrected chi connectivity index (χ2v) is 6.11. The summed E-state index contributed by atoms with van der Waals surface area (Å²) in [5, 5.41) is 10.9. The van der Waals surface area contributed by atoms with Crippen LogP contribution in [0.15, 0.2) is 78.0 Å². The normalized spacial score (nSPS) is 13.6. The van der Waals surface area contributed by atoms with Crippen molar-refractivity contribution in [3.63, 3.8) is 0 Å². The highest BCUT2D eigenvalue weighted by Gasteiger charge is 2.22. The lowest BCUT2D eigenvalue weighted by atomic mass is 9.97. The van der Waals surface area contributed by atoms with Gasteiger partial charge in [0.15, 0.2) is 0 Å². The summed E-state index contributed by atoms with van der Waals surface area (Å²) in [6, 6.07) is 16.4. The zero-order valence-electron chi connectivity index (χ0n) is 14.2. The Bertz CT molecular complexity index is 1060. The summed E-state index contributed by atoms with van der Waals surface area (Å²) in [5.41, 5.74) is 5.27. The first-order valence-corrected chi connectivity index (χ1v) is 8.34. The van der Waals surface area contributed by atoms with Gasteiger partial charge in [-0.15, -0.1) is 0 Å². The Morgan fingerprint density at radius 1 is 0.852 bits per heavy atom. The molecule has 0 amide bonds. The van der Waals surface area contributed by atoms with E-state index in [9.17, 15) is 14.5 Å². The van der Waals surface area contributed by atoms with Crippen LogP contribution in [0.3, 0.4) is 0 Å². The molecule has 132 valence electrons. The van der Waals surface area contributed by atoms with Crippen LogP contribution in [0.4, 0.5) is 10.1 Å². The molecule has 0 fully saturated rings. The topological polar surface area (TPSA) is 68.4 Å². The lowest BCUT2D eigenvalue weighted by Crippen LogP contribution is -1.98. The van der Waals surface area contributed by atoms with E-state index in [4.69, 9.17) is 4.99 Å². The summed E-state index contributed by atoms with van der Waals surface area (Å²) < 4.78 is 13.3. The minimum Gasteiger partial charge on any atom is -0.265 e. The summed E-state index contributed by atoms with van der Waals surface area (Å²) in [6.07, 6.45) is 4.01. The van der Waals surface area contributed by atoms with Crippen LogP contribution in [-0.2, 0) is 0 Å². The molecule has 1 aliphatic rings. The Kier molecular flexibility index (Phi) is 4.30. The van der Waals surface area contributed by atoms with Crippen molar-refractivity contribution in [3.05, 3.63) is 106 Å². The summed E-state index contributed by atoms with van der Waals surface area (Å²) in [7, 11) is 0. The second-order valence-electron chi connectivity index (χ2n) is 6.11. The van der Waals surface area contributed by atoms with Crippen LogP contribution < -0.4 is 0 Å². The van der Waals surface area contributed by atoms with Gasteiger partial charge < -0.3 is 0 Å². The summed E-state index contributed by atoms with van der Waals surface area (Å²) in [4.78, 5) is 19.3. The van der Waals surface area contributed by atoms with Gasteiger partial charge in [0.1, 0.15) is 5.82 Å². The van der Waals surface area contributed by atoms with Gasteiger partial charge in [0.2, 0.25) is 0 Å². The van der Waals surface area contributed by atoms with Gasteiger partial charge in [-0.1, -0.05) is 0 Å². The van der Waals surface area contributed by atoms with Gasteiger partial charge >= 0.3 is 0 Å². The minimum atomic E-state index is -0.426. The monoisotopic (exact) mass is 359 g/mol. The number of allylic oxidation sites excluding steroid dienone is 1. The number of aromatic nitrogens is 1. The first kappa shape index (κ1) is 16.8. The average Bonchev–Trinajstić information content (AvgIpc) is 3.15.